The van der Waals surface area contributed by atoms with Crippen LogP contribution in [0.25, 0.3) is 0 Å². The summed E-state index contributed by atoms with van der Waals surface area (Å²) in [5.41, 5.74) is -0.324. The van der Waals surface area contributed by atoms with Crippen LogP contribution in [-0.2, 0) is 4.74 Å². The van der Waals surface area contributed by atoms with Crippen molar-refractivity contribution in [2.24, 2.45) is 0 Å². The fourth-order valence-corrected chi connectivity index (χ4v) is 1.42. The van der Waals surface area contributed by atoms with E-state index in [-0.39, 0.29) is 17.4 Å². The van der Waals surface area contributed by atoms with Crippen molar-refractivity contribution in [2.75, 3.05) is 19.0 Å². The highest BCUT2D eigenvalue weighted by Crippen LogP contribution is 2.27. The number of para-hydroxylation sites is 1. The Labute approximate surface area is 98.7 Å². The predicted octanol–water partition coefficient (Wildman–Crippen LogP) is 2.57. The summed E-state index contributed by atoms with van der Waals surface area (Å²) in [5, 5.41) is 13.5. The Kier molecular flexibility index (Phi) is 4.84. The lowest BCUT2D eigenvalue weighted by molar-refractivity contribution is -0.384. The summed E-state index contributed by atoms with van der Waals surface area (Å²) in [6.07, 6.45) is 0.641. The molecule has 1 rings (SSSR count). The third kappa shape index (κ3) is 3.67. The molecular formula is C11H15FN2O3. The number of rotatable bonds is 6. The molecule has 0 aliphatic heterocycles. The molecule has 0 spiro atoms. The van der Waals surface area contributed by atoms with Crippen LogP contribution in [0.3, 0.4) is 0 Å². The van der Waals surface area contributed by atoms with Crippen molar-refractivity contribution >= 4 is 11.4 Å². The van der Waals surface area contributed by atoms with Gasteiger partial charge in [0.25, 0.3) is 5.69 Å². The van der Waals surface area contributed by atoms with E-state index < -0.39 is 10.7 Å². The molecule has 0 saturated heterocycles. The number of nitrogens with one attached hydrogen (secondary N) is 1. The van der Waals surface area contributed by atoms with E-state index >= 15 is 0 Å². The molecule has 0 fully saturated rings. The summed E-state index contributed by atoms with van der Waals surface area (Å²) in [4.78, 5) is 10.1. The van der Waals surface area contributed by atoms with Crippen LogP contribution in [-0.4, -0.2) is 24.7 Å². The SMILES string of the molecule is COCCC(C)Nc1c(F)cccc1[N+](=O)[O-]. The van der Waals surface area contributed by atoms with Crippen LogP contribution < -0.4 is 5.32 Å². The maximum absolute atomic E-state index is 13.5. The Morgan fingerprint density at radius 3 is 2.88 bits per heavy atom. The molecular weight excluding hydrogens is 227 g/mol. The van der Waals surface area contributed by atoms with Gasteiger partial charge in [0, 0.05) is 25.8 Å². The fourth-order valence-electron chi connectivity index (χ4n) is 1.42. The van der Waals surface area contributed by atoms with Gasteiger partial charge in [0.1, 0.15) is 5.69 Å². The molecule has 0 aromatic heterocycles. The summed E-state index contributed by atoms with van der Waals surface area (Å²) in [6.45, 7) is 2.33. The molecule has 17 heavy (non-hydrogen) atoms. The second kappa shape index (κ2) is 6.15. The lowest BCUT2D eigenvalue weighted by Crippen LogP contribution is -2.18. The lowest BCUT2D eigenvalue weighted by atomic mass is 10.2. The Morgan fingerprint density at radius 1 is 1.59 bits per heavy atom. The highest BCUT2D eigenvalue weighted by molar-refractivity contribution is 5.62. The minimum atomic E-state index is -0.622. The van der Waals surface area contributed by atoms with Gasteiger partial charge in [-0.05, 0) is 19.4 Å². The molecule has 1 unspecified atom stereocenters. The largest absolute Gasteiger partial charge is 0.385 e. The Bertz CT molecular complexity index is 398. The normalized spacial score (nSPS) is 12.2. The van der Waals surface area contributed by atoms with Crippen molar-refractivity contribution in [1.29, 1.82) is 0 Å². The number of benzene rings is 1. The number of halogens is 1. The van der Waals surface area contributed by atoms with Crippen LogP contribution in [0.15, 0.2) is 18.2 Å². The highest BCUT2D eigenvalue weighted by Gasteiger charge is 2.18. The average Bonchev–Trinajstić information content (AvgIpc) is 2.28. The second-order valence-corrected chi connectivity index (χ2v) is 3.72. The van der Waals surface area contributed by atoms with Gasteiger partial charge in [0.2, 0.25) is 0 Å². The first-order valence-corrected chi connectivity index (χ1v) is 5.24. The second-order valence-electron chi connectivity index (χ2n) is 3.72. The van der Waals surface area contributed by atoms with E-state index in [1.165, 1.54) is 18.2 Å². The Hall–Kier alpha value is -1.69. The maximum atomic E-state index is 13.5. The number of nitro groups is 1. The molecule has 0 bridgehead atoms. The van der Waals surface area contributed by atoms with Crippen LogP contribution in [0, 0.1) is 15.9 Å². The van der Waals surface area contributed by atoms with Gasteiger partial charge in [-0.1, -0.05) is 6.07 Å². The van der Waals surface area contributed by atoms with Gasteiger partial charge >= 0.3 is 0 Å². The molecule has 0 aliphatic carbocycles. The van der Waals surface area contributed by atoms with E-state index in [9.17, 15) is 14.5 Å². The van der Waals surface area contributed by atoms with E-state index in [1.807, 2.05) is 6.92 Å². The molecule has 1 atom stereocenters. The van der Waals surface area contributed by atoms with E-state index in [2.05, 4.69) is 5.32 Å². The molecule has 0 saturated carbocycles. The van der Waals surface area contributed by atoms with Gasteiger partial charge in [-0.25, -0.2) is 4.39 Å². The van der Waals surface area contributed by atoms with Crippen LogP contribution in [0.4, 0.5) is 15.8 Å². The molecule has 0 aliphatic rings. The van der Waals surface area contributed by atoms with Crippen LogP contribution >= 0.6 is 0 Å². The number of hydrogen-bond donors (Lipinski definition) is 1. The van der Waals surface area contributed by atoms with Crippen molar-refractivity contribution in [2.45, 2.75) is 19.4 Å². The van der Waals surface area contributed by atoms with E-state index in [0.29, 0.717) is 13.0 Å². The first kappa shape index (κ1) is 13.4. The van der Waals surface area contributed by atoms with Gasteiger partial charge in [0.05, 0.1) is 4.92 Å². The molecule has 1 N–H and O–H groups in total. The summed E-state index contributed by atoms with van der Waals surface area (Å²) < 4.78 is 18.4. The standard InChI is InChI=1S/C11H15FN2O3/c1-8(6-7-17-2)13-11-9(12)4-3-5-10(11)14(15)16/h3-5,8,13H,6-7H2,1-2H3. The van der Waals surface area contributed by atoms with Crippen molar-refractivity contribution in [3.05, 3.63) is 34.1 Å². The number of hydrogen-bond acceptors (Lipinski definition) is 4. The first-order chi connectivity index (χ1) is 8.06. The van der Waals surface area contributed by atoms with Gasteiger partial charge in [-0.15, -0.1) is 0 Å². The average molecular weight is 242 g/mol. The van der Waals surface area contributed by atoms with E-state index in [0.717, 1.165) is 0 Å². The van der Waals surface area contributed by atoms with Crippen LogP contribution in [0.5, 0.6) is 0 Å². The topological polar surface area (TPSA) is 64.4 Å². The predicted molar refractivity (Wildman–Crippen MR) is 62.6 cm³/mol. The fraction of sp³-hybridized carbons (Fsp3) is 0.455. The third-order valence-corrected chi connectivity index (χ3v) is 2.33. The summed E-state index contributed by atoms with van der Waals surface area (Å²) >= 11 is 0. The van der Waals surface area contributed by atoms with Gasteiger partial charge in [-0.2, -0.15) is 0 Å². The first-order valence-electron chi connectivity index (χ1n) is 5.24. The number of methoxy groups -OCH3 is 1. The maximum Gasteiger partial charge on any atom is 0.295 e. The lowest BCUT2D eigenvalue weighted by Gasteiger charge is -2.15. The molecule has 0 heterocycles. The zero-order valence-electron chi connectivity index (χ0n) is 9.77. The number of nitro benzene ring substituents is 1. The molecule has 1 aromatic carbocycles. The summed E-state index contributed by atoms with van der Waals surface area (Å²) in [7, 11) is 1.57. The van der Waals surface area contributed by atoms with Crippen LogP contribution in [0.2, 0.25) is 0 Å². The van der Waals surface area contributed by atoms with Crippen molar-refractivity contribution in [3.63, 3.8) is 0 Å². The van der Waals surface area contributed by atoms with Gasteiger partial charge in [-0.3, -0.25) is 10.1 Å². The van der Waals surface area contributed by atoms with Gasteiger partial charge < -0.3 is 10.1 Å². The minimum absolute atomic E-state index is 0.0684. The van der Waals surface area contributed by atoms with E-state index in [4.69, 9.17) is 4.74 Å². The Morgan fingerprint density at radius 2 is 2.29 bits per heavy atom. The summed E-state index contributed by atoms with van der Waals surface area (Å²) in [5.74, 6) is -0.622. The number of anilines is 1. The summed E-state index contributed by atoms with van der Waals surface area (Å²) in [6, 6.07) is 3.68. The molecule has 0 radical (unpaired) electrons. The molecule has 0 amide bonds. The smallest absolute Gasteiger partial charge is 0.295 e. The number of ether oxygens (including phenoxy) is 1. The van der Waals surface area contributed by atoms with Crippen LogP contribution in [0.1, 0.15) is 13.3 Å². The minimum Gasteiger partial charge on any atom is -0.385 e. The third-order valence-electron chi connectivity index (χ3n) is 2.33. The molecule has 6 heteroatoms. The molecule has 1 aromatic rings. The zero-order valence-corrected chi connectivity index (χ0v) is 9.77. The zero-order chi connectivity index (χ0) is 12.8. The monoisotopic (exact) mass is 242 g/mol. The molecule has 94 valence electrons. The quantitative estimate of drug-likeness (QED) is 0.615. The van der Waals surface area contributed by atoms with E-state index in [1.54, 1.807) is 7.11 Å². The van der Waals surface area contributed by atoms with Crippen molar-refractivity contribution in [1.82, 2.24) is 0 Å². The van der Waals surface area contributed by atoms with Crippen molar-refractivity contribution < 1.29 is 14.1 Å². The van der Waals surface area contributed by atoms with Crippen molar-refractivity contribution in [3.8, 4) is 0 Å². The molecule has 5 nitrogen and oxygen atoms in total. The Balaban J connectivity index is 2.85. The van der Waals surface area contributed by atoms with Gasteiger partial charge in [0.15, 0.2) is 5.82 Å². The number of nitrogens with zero attached hydrogens (tertiary/aromatic N) is 1. The highest BCUT2D eigenvalue weighted by atomic mass is 19.1.